The van der Waals surface area contributed by atoms with Gasteiger partial charge in [0.25, 0.3) is 5.91 Å². The minimum atomic E-state index is -0.150. The van der Waals surface area contributed by atoms with Crippen molar-refractivity contribution in [1.82, 2.24) is 10.3 Å². The second-order valence-electron chi connectivity index (χ2n) is 5.70. The zero-order valence-electron chi connectivity index (χ0n) is 13.7. The summed E-state index contributed by atoms with van der Waals surface area (Å²) in [6.07, 6.45) is 3.26. The number of nitrogens with one attached hydrogen (secondary N) is 2. The first-order valence-corrected chi connectivity index (χ1v) is 8.74. The van der Waals surface area contributed by atoms with Crippen LogP contribution < -0.4 is 10.6 Å². The highest BCUT2D eigenvalue weighted by Gasteiger charge is 2.12. The Morgan fingerprint density at radius 1 is 1.00 bits per heavy atom. The van der Waals surface area contributed by atoms with Crippen molar-refractivity contribution >= 4 is 33.2 Å². The topological polar surface area (TPSA) is 54.0 Å². The lowest BCUT2D eigenvalue weighted by molar-refractivity contribution is 0.0939. The molecule has 1 unspecified atom stereocenters. The molecular formula is C20H18BrN3O. The van der Waals surface area contributed by atoms with Crippen LogP contribution in [0.15, 0.2) is 77.5 Å². The smallest absolute Gasteiger partial charge is 0.253 e. The SMILES string of the molecule is CC(NC(=O)c1cncc(Nc2ccc(Br)cc2)c1)c1ccccc1. The molecule has 2 aromatic carbocycles. The minimum Gasteiger partial charge on any atom is -0.354 e. The normalized spacial score (nSPS) is 11.6. The summed E-state index contributed by atoms with van der Waals surface area (Å²) in [7, 11) is 0. The van der Waals surface area contributed by atoms with E-state index in [1.165, 1.54) is 0 Å². The highest BCUT2D eigenvalue weighted by atomic mass is 79.9. The molecule has 0 aliphatic rings. The van der Waals surface area contributed by atoms with Gasteiger partial charge in [-0.05, 0) is 42.8 Å². The molecule has 0 fully saturated rings. The summed E-state index contributed by atoms with van der Waals surface area (Å²) in [6.45, 7) is 1.96. The number of carbonyl (C=O) groups is 1. The first-order chi connectivity index (χ1) is 12.1. The van der Waals surface area contributed by atoms with Crippen LogP contribution in [0.25, 0.3) is 0 Å². The molecule has 0 radical (unpaired) electrons. The summed E-state index contributed by atoms with van der Waals surface area (Å²) in [5, 5.41) is 6.25. The Labute approximate surface area is 155 Å². The fourth-order valence-electron chi connectivity index (χ4n) is 2.44. The standard InChI is InChI=1S/C20H18BrN3O/c1-14(15-5-3-2-4-6-15)23-20(25)16-11-19(13-22-12-16)24-18-9-7-17(21)8-10-18/h2-14,24H,1H3,(H,23,25). The Bertz CT molecular complexity index is 850. The molecule has 3 aromatic rings. The summed E-state index contributed by atoms with van der Waals surface area (Å²) in [5.74, 6) is -0.150. The number of nitrogens with zero attached hydrogens (tertiary/aromatic N) is 1. The van der Waals surface area contributed by atoms with E-state index in [0.717, 1.165) is 21.4 Å². The van der Waals surface area contributed by atoms with Crippen LogP contribution in [-0.4, -0.2) is 10.9 Å². The van der Waals surface area contributed by atoms with Gasteiger partial charge in [0.15, 0.2) is 0 Å². The molecule has 1 amide bonds. The van der Waals surface area contributed by atoms with Crippen molar-refractivity contribution in [2.75, 3.05) is 5.32 Å². The van der Waals surface area contributed by atoms with E-state index in [1.54, 1.807) is 18.5 Å². The molecule has 1 aromatic heterocycles. The highest BCUT2D eigenvalue weighted by molar-refractivity contribution is 9.10. The highest BCUT2D eigenvalue weighted by Crippen LogP contribution is 2.20. The van der Waals surface area contributed by atoms with E-state index in [0.29, 0.717) is 5.56 Å². The van der Waals surface area contributed by atoms with E-state index >= 15 is 0 Å². The molecule has 0 aliphatic carbocycles. The summed E-state index contributed by atoms with van der Waals surface area (Å²) in [5.41, 5.74) is 3.28. The van der Waals surface area contributed by atoms with Gasteiger partial charge in [0, 0.05) is 16.4 Å². The molecule has 0 aliphatic heterocycles. The zero-order valence-corrected chi connectivity index (χ0v) is 15.3. The predicted molar refractivity (Wildman–Crippen MR) is 104 cm³/mol. The van der Waals surface area contributed by atoms with Gasteiger partial charge in [0.1, 0.15) is 0 Å². The van der Waals surface area contributed by atoms with Crippen molar-refractivity contribution in [3.8, 4) is 0 Å². The Morgan fingerprint density at radius 3 is 2.44 bits per heavy atom. The zero-order chi connectivity index (χ0) is 17.6. The number of amides is 1. The van der Waals surface area contributed by atoms with E-state index in [1.807, 2.05) is 61.5 Å². The van der Waals surface area contributed by atoms with Crippen molar-refractivity contribution in [3.05, 3.63) is 88.7 Å². The molecule has 3 rings (SSSR count). The van der Waals surface area contributed by atoms with Crippen LogP contribution in [0.4, 0.5) is 11.4 Å². The number of rotatable bonds is 5. The number of hydrogen-bond acceptors (Lipinski definition) is 3. The molecule has 0 spiro atoms. The van der Waals surface area contributed by atoms with Gasteiger partial charge in [-0.3, -0.25) is 9.78 Å². The lowest BCUT2D eigenvalue weighted by atomic mass is 10.1. The maximum atomic E-state index is 12.5. The second kappa shape index (κ2) is 7.94. The largest absolute Gasteiger partial charge is 0.354 e. The Hall–Kier alpha value is -2.66. The molecular weight excluding hydrogens is 378 g/mol. The first kappa shape index (κ1) is 17.2. The quantitative estimate of drug-likeness (QED) is 0.633. The van der Waals surface area contributed by atoms with Gasteiger partial charge >= 0.3 is 0 Å². The molecule has 2 N–H and O–H groups in total. The third-order valence-corrected chi connectivity index (χ3v) is 4.31. The third kappa shape index (κ3) is 4.67. The monoisotopic (exact) mass is 395 g/mol. The van der Waals surface area contributed by atoms with Crippen LogP contribution in [0.1, 0.15) is 28.9 Å². The van der Waals surface area contributed by atoms with Crippen molar-refractivity contribution in [2.45, 2.75) is 13.0 Å². The molecule has 0 saturated carbocycles. The number of pyridine rings is 1. The molecule has 25 heavy (non-hydrogen) atoms. The van der Waals surface area contributed by atoms with Gasteiger partial charge < -0.3 is 10.6 Å². The van der Waals surface area contributed by atoms with Crippen molar-refractivity contribution in [2.24, 2.45) is 0 Å². The van der Waals surface area contributed by atoms with Crippen LogP contribution in [0.3, 0.4) is 0 Å². The number of carbonyl (C=O) groups excluding carboxylic acids is 1. The maximum absolute atomic E-state index is 12.5. The number of halogens is 1. The molecule has 1 atom stereocenters. The summed E-state index contributed by atoms with van der Waals surface area (Å²) >= 11 is 3.41. The van der Waals surface area contributed by atoms with Crippen LogP contribution in [-0.2, 0) is 0 Å². The van der Waals surface area contributed by atoms with Crippen LogP contribution in [0.5, 0.6) is 0 Å². The van der Waals surface area contributed by atoms with Gasteiger partial charge in [-0.2, -0.15) is 0 Å². The van der Waals surface area contributed by atoms with E-state index in [9.17, 15) is 4.79 Å². The Kier molecular flexibility index (Phi) is 5.46. The summed E-state index contributed by atoms with van der Waals surface area (Å²) < 4.78 is 1.01. The molecule has 126 valence electrons. The third-order valence-electron chi connectivity index (χ3n) is 3.78. The maximum Gasteiger partial charge on any atom is 0.253 e. The fourth-order valence-corrected chi connectivity index (χ4v) is 2.70. The molecule has 5 heteroatoms. The average Bonchev–Trinajstić information content (AvgIpc) is 2.64. The average molecular weight is 396 g/mol. The van der Waals surface area contributed by atoms with E-state index < -0.39 is 0 Å². The number of hydrogen-bond donors (Lipinski definition) is 2. The number of anilines is 2. The Morgan fingerprint density at radius 2 is 1.72 bits per heavy atom. The summed E-state index contributed by atoms with van der Waals surface area (Å²) in [4.78, 5) is 16.7. The van der Waals surface area contributed by atoms with Crippen LogP contribution >= 0.6 is 15.9 Å². The van der Waals surface area contributed by atoms with E-state index in [4.69, 9.17) is 0 Å². The van der Waals surface area contributed by atoms with Gasteiger partial charge in [-0.15, -0.1) is 0 Å². The lowest BCUT2D eigenvalue weighted by Crippen LogP contribution is -2.26. The fraction of sp³-hybridized carbons (Fsp3) is 0.100. The molecule has 1 heterocycles. The second-order valence-corrected chi connectivity index (χ2v) is 6.62. The number of benzene rings is 2. The molecule has 4 nitrogen and oxygen atoms in total. The van der Waals surface area contributed by atoms with Crippen LogP contribution in [0, 0.1) is 0 Å². The van der Waals surface area contributed by atoms with Crippen molar-refractivity contribution < 1.29 is 4.79 Å². The van der Waals surface area contributed by atoms with Gasteiger partial charge in [0.2, 0.25) is 0 Å². The molecule has 0 bridgehead atoms. The van der Waals surface area contributed by atoms with Crippen molar-refractivity contribution in [3.63, 3.8) is 0 Å². The van der Waals surface area contributed by atoms with Crippen LogP contribution in [0.2, 0.25) is 0 Å². The van der Waals surface area contributed by atoms with E-state index in [-0.39, 0.29) is 11.9 Å². The lowest BCUT2D eigenvalue weighted by Gasteiger charge is -2.14. The van der Waals surface area contributed by atoms with Gasteiger partial charge in [-0.25, -0.2) is 0 Å². The molecule has 0 saturated heterocycles. The first-order valence-electron chi connectivity index (χ1n) is 7.95. The Balaban J connectivity index is 1.70. The minimum absolute atomic E-state index is 0.0724. The van der Waals surface area contributed by atoms with E-state index in [2.05, 4.69) is 31.5 Å². The predicted octanol–water partition coefficient (Wildman–Crippen LogP) is 5.08. The number of aromatic nitrogens is 1. The van der Waals surface area contributed by atoms with Gasteiger partial charge in [0.05, 0.1) is 23.5 Å². The van der Waals surface area contributed by atoms with Crippen molar-refractivity contribution in [1.29, 1.82) is 0 Å². The van der Waals surface area contributed by atoms with Gasteiger partial charge in [-0.1, -0.05) is 46.3 Å². The summed E-state index contributed by atoms with van der Waals surface area (Å²) in [6, 6.07) is 19.4.